The van der Waals surface area contributed by atoms with Gasteiger partial charge in [0, 0.05) is 32.9 Å². The number of hydrogen-bond donors (Lipinski definition) is 2. The Balaban J connectivity index is 1.77. The monoisotopic (exact) mass is 444 g/mol. The van der Waals surface area contributed by atoms with E-state index < -0.39 is 10.0 Å². The van der Waals surface area contributed by atoms with Crippen LogP contribution in [0.1, 0.15) is 30.4 Å². The van der Waals surface area contributed by atoms with Crippen molar-refractivity contribution in [2.75, 3.05) is 49.3 Å². The minimum atomic E-state index is -3.55. The SMILES string of the molecule is Cc1ccc(NC(=O)CNc2cc(S(=O)(=O)N3CCCCC3)ccc2N(C)C)c(C)c1. The Hall–Kier alpha value is -2.58. The van der Waals surface area contributed by atoms with E-state index in [1.165, 1.54) is 0 Å². The molecule has 0 spiro atoms. The van der Waals surface area contributed by atoms with Gasteiger partial charge in [-0.05, 0) is 56.5 Å². The molecule has 168 valence electrons. The summed E-state index contributed by atoms with van der Waals surface area (Å²) in [6.45, 7) is 5.10. The van der Waals surface area contributed by atoms with Crippen molar-refractivity contribution in [2.24, 2.45) is 0 Å². The topological polar surface area (TPSA) is 81.8 Å². The maximum Gasteiger partial charge on any atom is 0.243 e. The van der Waals surface area contributed by atoms with Crippen LogP contribution in [0.5, 0.6) is 0 Å². The fraction of sp³-hybridized carbons (Fsp3) is 0.435. The zero-order valence-electron chi connectivity index (χ0n) is 18.7. The molecule has 0 saturated carbocycles. The van der Waals surface area contributed by atoms with Crippen molar-refractivity contribution in [3.05, 3.63) is 47.5 Å². The van der Waals surface area contributed by atoms with E-state index in [0.29, 0.717) is 18.8 Å². The Labute approximate surface area is 185 Å². The summed E-state index contributed by atoms with van der Waals surface area (Å²) in [7, 11) is 0.218. The number of amides is 1. The third-order valence-electron chi connectivity index (χ3n) is 5.50. The van der Waals surface area contributed by atoms with Gasteiger partial charge in [-0.15, -0.1) is 0 Å². The highest BCUT2D eigenvalue weighted by atomic mass is 32.2. The highest BCUT2D eigenvalue weighted by Crippen LogP contribution is 2.30. The van der Waals surface area contributed by atoms with Crippen LogP contribution in [0.25, 0.3) is 0 Å². The molecule has 1 heterocycles. The van der Waals surface area contributed by atoms with Crippen LogP contribution in [-0.2, 0) is 14.8 Å². The van der Waals surface area contributed by atoms with Gasteiger partial charge in [-0.25, -0.2) is 8.42 Å². The lowest BCUT2D eigenvalue weighted by Gasteiger charge is -2.27. The van der Waals surface area contributed by atoms with Crippen molar-refractivity contribution in [2.45, 2.75) is 38.0 Å². The number of rotatable bonds is 7. The molecule has 1 aliphatic rings. The van der Waals surface area contributed by atoms with Gasteiger partial charge >= 0.3 is 0 Å². The fourth-order valence-corrected chi connectivity index (χ4v) is 5.33. The molecule has 31 heavy (non-hydrogen) atoms. The normalized spacial score (nSPS) is 14.8. The number of benzene rings is 2. The van der Waals surface area contributed by atoms with Crippen LogP contribution >= 0.6 is 0 Å². The Bertz CT molecular complexity index is 1040. The molecule has 7 nitrogen and oxygen atoms in total. The molecule has 0 radical (unpaired) electrons. The summed E-state index contributed by atoms with van der Waals surface area (Å²) in [5.41, 5.74) is 4.33. The second-order valence-corrected chi connectivity index (χ2v) is 10.2. The molecule has 0 aromatic heterocycles. The predicted octanol–water partition coefficient (Wildman–Crippen LogP) is 3.59. The fourth-order valence-electron chi connectivity index (χ4n) is 3.79. The van der Waals surface area contributed by atoms with E-state index in [0.717, 1.165) is 41.8 Å². The maximum absolute atomic E-state index is 13.1. The molecule has 2 aromatic carbocycles. The largest absolute Gasteiger partial charge is 0.376 e. The van der Waals surface area contributed by atoms with Gasteiger partial charge in [-0.2, -0.15) is 4.31 Å². The van der Waals surface area contributed by atoms with Crippen molar-refractivity contribution in [3.63, 3.8) is 0 Å². The van der Waals surface area contributed by atoms with Gasteiger partial charge in [0.05, 0.1) is 22.8 Å². The van der Waals surface area contributed by atoms with E-state index in [-0.39, 0.29) is 17.3 Å². The summed E-state index contributed by atoms with van der Waals surface area (Å²) in [5, 5.41) is 6.04. The zero-order chi connectivity index (χ0) is 22.6. The molecule has 0 unspecified atom stereocenters. The molecule has 1 amide bonds. The molecule has 1 saturated heterocycles. The summed E-state index contributed by atoms with van der Waals surface area (Å²) in [5.74, 6) is -0.194. The first-order chi connectivity index (χ1) is 14.7. The quantitative estimate of drug-likeness (QED) is 0.682. The van der Waals surface area contributed by atoms with Gasteiger partial charge in [0.2, 0.25) is 15.9 Å². The van der Waals surface area contributed by atoms with E-state index >= 15 is 0 Å². The lowest BCUT2D eigenvalue weighted by Crippen LogP contribution is -2.35. The minimum Gasteiger partial charge on any atom is -0.376 e. The molecule has 3 rings (SSSR count). The van der Waals surface area contributed by atoms with Crippen molar-refractivity contribution in [3.8, 4) is 0 Å². The Morgan fingerprint density at radius 3 is 2.35 bits per heavy atom. The molecule has 0 atom stereocenters. The predicted molar refractivity (Wildman–Crippen MR) is 126 cm³/mol. The van der Waals surface area contributed by atoms with E-state index in [2.05, 4.69) is 10.6 Å². The van der Waals surface area contributed by atoms with E-state index in [1.54, 1.807) is 22.5 Å². The zero-order valence-corrected chi connectivity index (χ0v) is 19.6. The third-order valence-corrected chi connectivity index (χ3v) is 7.39. The number of anilines is 3. The van der Waals surface area contributed by atoms with E-state index in [1.807, 2.05) is 51.0 Å². The number of hydrogen-bond acceptors (Lipinski definition) is 5. The summed E-state index contributed by atoms with van der Waals surface area (Å²) in [4.78, 5) is 14.7. The molecular weight excluding hydrogens is 412 g/mol. The lowest BCUT2D eigenvalue weighted by molar-refractivity contribution is -0.114. The van der Waals surface area contributed by atoms with Crippen LogP contribution in [0.4, 0.5) is 17.1 Å². The van der Waals surface area contributed by atoms with Crippen molar-refractivity contribution < 1.29 is 13.2 Å². The highest BCUT2D eigenvalue weighted by Gasteiger charge is 2.26. The van der Waals surface area contributed by atoms with E-state index in [4.69, 9.17) is 0 Å². The molecule has 0 aliphatic carbocycles. The van der Waals surface area contributed by atoms with Crippen LogP contribution in [0.2, 0.25) is 0 Å². The Morgan fingerprint density at radius 2 is 1.71 bits per heavy atom. The third kappa shape index (κ3) is 5.57. The van der Waals surface area contributed by atoms with Crippen LogP contribution in [0, 0.1) is 13.8 Å². The summed E-state index contributed by atoms with van der Waals surface area (Å²) in [6, 6.07) is 10.9. The van der Waals surface area contributed by atoms with Gasteiger partial charge in [-0.3, -0.25) is 4.79 Å². The second-order valence-electron chi connectivity index (χ2n) is 8.26. The number of carbonyl (C=O) groups excluding carboxylic acids is 1. The number of sulfonamides is 1. The van der Waals surface area contributed by atoms with Crippen LogP contribution in [-0.4, -0.2) is 52.4 Å². The summed E-state index contributed by atoms with van der Waals surface area (Å²) in [6.07, 6.45) is 2.84. The number of aryl methyl sites for hydroxylation is 2. The minimum absolute atomic E-state index is 0.0291. The Morgan fingerprint density at radius 1 is 1.00 bits per heavy atom. The average Bonchev–Trinajstić information content (AvgIpc) is 2.74. The first-order valence-corrected chi connectivity index (χ1v) is 12.0. The van der Waals surface area contributed by atoms with Gasteiger partial charge in [-0.1, -0.05) is 24.1 Å². The smallest absolute Gasteiger partial charge is 0.243 e. The number of carbonyl (C=O) groups is 1. The molecule has 2 aromatic rings. The first kappa shape index (κ1) is 23.1. The van der Waals surface area contributed by atoms with Crippen molar-refractivity contribution >= 4 is 33.0 Å². The maximum atomic E-state index is 13.1. The average molecular weight is 445 g/mol. The molecule has 8 heteroatoms. The summed E-state index contributed by atoms with van der Waals surface area (Å²) < 4.78 is 27.7. The van der Waals surface area contributed by atoms with Gasteiger partial charge < -0.3 is 15.5 Å². The lowest BCUT2D eigenvalue weighted by atomic mass is 10.1. The van der Waals surface area contributed by atoms with Gasteiger partial charge in [0.1, 0.15) is 0 Å². The molecule has 1 fully saturated rings. The van der Waals surface area contributed by atoms with Gasteiger partial charge in [0.25, 0.3) is 0 Å². The van der Waals surface area contributed by atoms with Crippen molar-refractivity contribution in [1.29, 1.82) is 0 Å². The molecular formula is C23H32N4O3S. The standard InChI is InChI=1S/C23H32N4O3S/c1-17-8-10-20(18(2)14-17)25-23(28)16-24-21-15-19(9-11-22(21)26(3)4)31(29,30)27-12-6-5-7-13-27/h8-11,14-15,24H,5-7,12-13,16H2,1-4H3,(H,25,28). The second kappa shape index (κ2) is 9.70. The van der Waals surface area contributed by atoms with Crippen LogP contribution in [0.15, 0.2) is 41.3 Å². The van der Waals surface area contributed by atoms with Gasteiger partial charge in [0.15, 0.2) is 0 Å². The molecule has 2 N–H and O–H groups in total. The number of nitrogens with zero attached hydrogens (tertiary/aromatic N) is 2. The molecule has 0 bridgehead atoms. The van der Waals surface area contributed by atoms with Crippen LogP contribution in [0.3, 0.4) is 0 Å². The summed E-state index contributed by atoms with van der Waals surface area (Å²) >= 11 is 0. The number of piperidine rings is 1. The van der Waals surface area contributed by atoms with Crippen LogP contribution < -0.4 is 15.5 Å². The van der Waals surface area contributed by atoms with Crippen molar-refractivity contribution in [1.82, 2.24) is 4.31 Å². The number of nitrogens with one attached hydrogen (secondary N) is 2. The highest BCUT2D eigenvalue weighted by molar-refractivity contribution is 7.89. The first-order valence-electron chi connectivity index (χ1n) is 10.6. The van der Waals surface area contributed by atoms with E-state index in [9.17, 15) is 13.2 Å². The molecule has 1 aliphatic heterocycles. The Kier molecular flexibility index (Phi) is 7.23.